The van der Waals surface area contributed by atoms with Crippen LogP contribution < -0.4 is 5.32 Å². The van der Waals surface area contributed by atoms with Crippen molar-refractivity contribution in [2.75, 3.05) is 25.5 Å². The maximum absolute atomic E-state index is 12.4. The predicted molar refractivity (Wildman–Crippen MR) is 109 cm³/mol. The third-order valence-electron chi connectivity index (χ3n) is 4.80. The number of nitrogens with one attached hydrogen (secondary N) is 1. The highest BCUT2D eigenvalue weighted by molar-refractivity contribution is 6.03. The topological polar surface area (TPSA) is 84.4 Å². The molecule has 29 heavy (non-hydrogen) atoms. The molecule has 0 spiro atoms. The molecule has 7 heteroatoms. The van der Waals surface area contributed by atoms with E-state index in [9.17, 15) is 9.59 Å². The maximum atomic E-state index is 12.4. The second-order valence-electron chi connectivity index (χ2n) is 6.75. The van der Waals surface area contributed by atoms with Crippen LogP contribution in [0.2, 0.25) is 0 Å². The van der Waals surface area contributed by atoms with Gasteiger partial charge < -0.3 is 15.0 Å². The van der Waals surface area contributed by atoms with Crippen molar-refractivity contribution in [2.45, 2.75) is 6.10 Å². The van der Waals surface area contributed by atoms with E-state index < -0.39 is 0 Å². The van der Waals surface area contributed by atoms with Crippen LogP contribution in [0.15, 0.2) is 67.0 Å². The van der Waals surface area contributed by atoms with Crippen molar-refractivity contribution in [3.8, 4) is 11.3 Å². The van der Waals surface area contributed by atoms with Crippen LogP contribution >= 0.6 is 0 Å². The smallest absolute Gasteiger partial charge is 0.275 e. The Morgan fingerprint density at radius 1 is 1.03 bits per heavy atom. The number of rotatable bonds is 5. The van der Waals surface area contributed by atoms with Crippen molar-refractivity contribution >= 4 is 17.5 Å². The number of aromatic nitrogens is 2. The average molecular weight is 388 g/mol. The molecule has 146 valence electrons. The van der Waals surface area contributed by atoms with E-state index in [1.165, 1.54) is 6.20 Å². The first-order valence-corrected chi connectivity index (χ1v) is 9.25. The van der Waals surface area contributed by atoms with Crippen molar-refractivity contribution < 1.29 is 14.3 Å². The molecule has 1 aromatic heterocycles. The summed E-state index contributed by atoms with van der Waals surface area (Å²) in [5.41, 5.74) is 2.86. The summed E-state index contributed by atoms with van der Waals surface area (Å²) in [5.74, 6) is -0.352. The molecule has 2 amide bonds. The second-order valence-corrected chi connectivity index (χ2v) is 6.75. The number of para-hydroxylation sites is 1. The van der Waals surface area contributed by atoms with Crippen molar-refractivity contribution in [2.24, 2.45) is 0 Å². The average Bonchev–Trinajstić information content (AvgIpc) is 2.74. The molecule has 1 saturated heterocycles. The van der Waals surface area contributed by atoms with Crippen LogP contribution in [0.1, 0.15) is 20.8 Å². The number of hydrogen-bond acceptors (Lipinski definition) is 5. The molecule has 7 nitrogen and oxygen atoms in total. The summed E-state index contributed by atoms with van der Waals surface area (Å²) in [4.78, 5) is 35.2. The van der Waals surface area contributed by atoms with Crippen LogP contribution in [0.5, 0.6) is 0 Å². The highest BCUT2D eigenvalue weighted by atomic mass is 16.5. The molecule has 0 radical (unpaired) electrons. The van der Waals surface area contributed by atoms with E-state index in [0.717, 1.165) is 5.56 Å². The Morgan fingerprint density at radius 2 is 1.76 bits per heavy atom. The van der Waals surface area contributed by atoms with Gasteiger partial charge in [-0.2, -0.15) is 0 Å². The molecular weight excluding hydrogens is 368 g/mol. The highest BCUT2D eigenvalue weighted by Crippen LogP contribution is 2.20. The molecule has 0 aliphatic carbocycles. The summed E-state index contributed by atoms with van der Waals surface area (Å²) in [7, 11) is 1.65. The molecule has 1 aliphatic heterocycles. The second kappa shape index (κ2) is 8.20. The number of ether oxygens (including phenoxy) is 1. The standard InChI is InChI=1S/C22H20N4O3/c1-29-18-13-26(14-18)22(28)16-9-7-15(8-10-16)19-11-23-12-20(25-19)21(27)24-17-5-3-2-4-6-17/h2-12,18H,13-14H2,1H3,(H,24,27). The Kier molecular flexibility index (Phi) is 5.31. The molecule has 0 unspecified atom stereocenters. The van der Waals surface area contributed by atoms with E-state index in [1.54, 1.807) is 42.5 Å². The van der Waals surface area contributed by atoms with Gasteiger partial charge in [-0.15, -0.1) is 0 Å². The van der Waals surface area contributed by atoms with Gasteiger partial charge in [-0.05, 0) is 24.3 Å². The summed E-state index contributed by atoms with van der Waals surface area (Å²) in [6.45, 7) is 1.22. The lowest BCUT2D eigenvalue weighted by Gasteiger charge is -2.38. The number of nitrogens with zero attached hydrogens (tertiary/aromatic N) is 3. The SMILES string of the molecule is COC1CN(C(=O)c2ccc(-c3cncc(C(=O)Nc4ccccc4)n3)cc2)C1. The van der Waals surface area contributed by atoms with Crippen LogP contribution in [0, 0.1) is 0 Å². The molecule has 2 heterocycles. The van der Waals surface area contributed by atoms with E-state index in [2.05, 4.69) is 15.3 Å². The zero-order valence-electron chi connectivity index (χ0n) is 15.9. The number of likely N-dealkylation sites (tertiary alicyclic amines) is 1. The normalized spacial score (nSPS) is 13.6. The van der Waals surface area contributed by atoms with Crippen LogP contribution in [0.3, 0.4) is 0 Å². The van der Waals surface area contributed by atoms with Gasteiger partial charge in [0.15, 0.2) is 0 Å². The van der Waals surface area contributed by atoms with Gasteiger partial charge in [0.2, 0.25) is 0 Å². The Morgan fingerprint density at radius 3 is 2.45 bits per heavy atom. The minimum Gasteiger partial charge on any atom is -0.378 e. The monoisotopic (exact) mass is 388 g/mol. The largest absolute Gasteiger partial charge is 0.378 e. The number of amides is 2. The molecule has 0 bridgehead atoms. The van der Waals surface area contributed by atoms with E-state index >= 15 is 0 Å². The Hall–Kier alpha value is -3.58. The van der Waals surface area contributed by atoms with E-state index in [4.69, 9.17) is 4.74 Å². The summed E-state index contributed by atoms with van der Waals surface area (Å²) in [5, 5.41) is 2.79. The van der Waals surface area contributed by atoms with Gasteiger partial charge in [0.25, 0.3) is 11.8 Å². The van der Waals surface area contributed by atoms with Crippen LogP contribution in [0.25, 0.3) is 11.3 Å². The van der Waals surface area contributed by atoms with Crippen molar-refractivity contribution in [1.82, 2.24) is 14.9 Å². The molecular formula is C22H20N4O3. The van der Waals surface area contributed by atoms with Crippen molar-refractivity contribution in [1.29, 1.82) is 0 Å². The minimum atomic E-state index is -0.331. The molecule has 2 aromatic carbocycles. The first-order valence-electron chi connectivity index (χ1n) is 9.25. The zero-order chi connectivity index (χ0) is 20.2. The Labute approximate surface area is 168 Å². The van der Waals surface area contributed by atoms with Gasteiger partial charge in [0.05, 0.1) is 24.2 Å². The lowest BCUT2D eigenvalue weighted by atomic mass is 10.1. The van der Waals surface area contributed by atoms with Gasteiger partial charge >= 0.3 is 0 Å². The molecule has 0 atom stereocenters. The molecule has 1 N–H and O–H groups in total. The molecule has 1 fully saturated rings. The fourth-order valence-corrected chi connectivity index (χ4v) is 3.05. The lowest BCUT2D eigenvalue weighted by molar-refractivity contribution is -0.0191. The lowest BCUT2D eigenvalue weighted by Crippen LogP contribution is -2.54. The fraction of sp³-hybridized carbons (Fsp3) is 0.182. The van der Waals surface area contributed by atoms with Crippen LogP contribution in [0.4, 0.5) is 5.69 Å². The highest BCUT2D eigenvalue weighted by Gasteiger charge is 2.30. The van der Waals surface area contributed by atoms with Gasteiger partial charge in [-0.3, -0.25) is 14.6 Å². The van der Waals surface area contributed by atoms with E-state index in [1.807, 2.05) is 30.3 Å². The first kappa shape index (κ1) is 18.8. The maximum Gasteiger partial charge on any atom is 0.275 e. The van der Waals surface area contributed by atoms with E-state index in [0.29, 0.717) is 30.0 Å². The summed E-state index contributed by atoms with van der Waals surface area (Å²) in [6, 6.07) is 16.3. The third kappa shape index (κ3) is 4.14. The van der Waals surface area contributed by atoms with Crippen LogP contribution in [-0.2, 0) is 4.74 Å². The first-order chi connectivity index (χ1) is 14.1. The Bertz CT molecular complexity index is 1020. The van der Waals surface area contributed by atoms with E-state index in [-0.39, 0.29) is 23.6 Å². The van der Waals surface area contributed by atoms with Crippen molar-refractivity contribution in [3.63, 3.8) is 0 Å². The molecule has 4 rings (SSSR count). The number of hydrogen-bond donors (Lipinski definition) is 1. The number of carbonyl (C=O) groups is 2. The van der Waals surface area contributed by atoms with Gasteiger partial charge in [-0.25, -0.2) is 4.98 Å². The molecule has 3 aromatic rings. The quantitative estimate of drug-likeness (QED) is 0.727. The predicted octanol–water partition coefficient (Wildman–Crippen LogP) is 2.87. The number of methoxy groups -OCH3 is 1. The van der Waals surface area contributed by atoms with Gasteiger partial charge in [0, 0.05) is 37.0 Å². The summed E-state index contributed by atoms with van der Waals surface area (Å²) in [6.07, 6.45) is 3.14. The zero-order valence-corrected chi connectivity index (χ0v) is 15.9. The Balaban J connectivity index is 1.47. The third-order valence-corrected chi connectivity index (χ3v) is 4.80. The number of carbonyl (C=O) groups excluding carboxylic acids is 2. The summed E-state index contributed by atoms with van der Waals surface area (Å²) >= 11 is 0. The van der Waals surface area contributed by atoms with Gasteiger partial charge in [0.1, 0.15) is 5.69 Å². The molecule has 0 saturated carbocycles. The summed E-state index contributed by atoms with van der Waals surface area (Å²) < 4.78 is 5.21. The van der Waals surface area contributed by atoms with Crippen molar-refractivity contribution in [3.05, 3.63) is 78.2 Å². The number of benzene rings is 2. The number of anilines is 1. The van der Waals surface area contributed by atoms with Crippen LogP contribution in [-0.4, -0.2) is 53.0 Å². The fourth-order valence-electron chi connectivity index (χ4n) is 3.05. The van der Waals surface area contributed by atoms with Gasteiger partial charge in [-0.1, -0.05) is 30.3 Å². The minimum absolute atomic E-state index is 0.0214. The molecule has 1 aliphatic rings.